The van der Waals surface area contributed by atoms with Crippen molar-refractivity contribution in [3.8, 4) is 0 Å². The molecule has 2 aromatic rings. The van der Waals surface area contributed by atoms with Crippen LogP contribution in [-0.4, -0.2) is 13.0 Å². The summed E-state index contributed by atoms with van der Waals surface area (Å²) in [6.45, 7) is 1.84. The van der Waals surface area contributed by atoms with Crippen molar-refractivity contribution in [1.29, 1.82) is 0 Å². The van der Waals surface area contributed by atoms with Crippen LogP contribution < -0.4 is 10.6 Å². The quantitative estimate of drug-likeness (QED) is 0.806. The molecule has 4 nitrogen and oxygen atoms in total. The Morgan fingerprint density at radius 1 is 1.29 bits per heavy atom. The Bertz CT molecular complexity index is 546. The summed E-state index contributed by atoms with van der Waals surface area (Å²) in [5, 5.41) is 0. The summed E-state index contributed by atoms with van der Waals surface area (Å²) in [6.07, 6.45) is 0. The number of hydrogen-bond donors (Lipinski definition) is 1. The highest BCUT2D eigenvalue weighted by Gasteiger charge is 2.15. The third-order valence-electron chi connectivity index (χ3n) is 2.49. The molecule has 88 valence electrons. The van der Waals surface area contributed by atoms with Crippen molar-refractivity contribution in [3.63, 3.8) is 0 Å². The number of rotatable bonds is 2. The number of nitrogens with zero attached hydrogens (tertiary/aromatic N) is 1. The highest BCUT2D eigenvalue weighted by Crippen LogP contribution is 2.19. The van der Waals surface area contributed by atoms with Crippen molar-refractivity contribution in [2.75, 3.05) is 17.7 Å². The third kappa shape index (κ3) is 2.30. The molecule has 1 heterocycles. The van der Waals surface area contributed by atoms with Gasteiger partial charge in [0.15, 0.2) is 0 Å². The van der Waals surface area contributed by atoms with Crippen molar-refractivity contribution in [2.24, 2.45) is 0 Å². The van der Waals surface area contributed by atoms with Crippen LogP contribution >= 0.6 is 0 Å². The third-order valence-corrected chi connectivity index (χ3v) is 2.49. The van der Waals surface area contributed by atoms with Gasteiger partial charge in [0.2, 0.25) is 5.88 Å². The van der Waals surface area contributed by atoms with Gasteiger partial charge in [-0.1, -0.05) is 6.07 Å². The van der Waals surface area contributed by atoms with Crippen LogP contribution in [0.4, 0.5) is 11.6 Å². The van der Waals surface area contributed by atoms with Crippen LogP contribution in [0.3, 0.4) is 0 Å². The summed E-state index contributed by atoms with van der Waals surface area (Å²) in [4.78, 5) is 13.6. The van der Waals surface area contributed by atoms with E-state index in [2.05, 4.69) is 0 Å². The first-order chi connectivity index (χ1) is 8.08. The molecule has 0 saturated carbocycles. The molecular formula is C13H14N2O2. The van der Waals surface area contributed by atoms with E-state index in [1.165, 1.54) is 4.90 Å². The predicted molar refractivity (Wildman–Crippen MR) is 67.0 cm³/mol. The highest BCUT2D eigenvalue weighted by atomic mass is 16.4. The fourth-order valence-electron chi connectivity index (χ4n) is 1.57. The molecule has 0 fully saturated rings. The number of hydrogen-bond acceptors (Lipinski definition) is 3. The lowest BCUT2D eigenvalue weighted by Gasteiger charge is -2.14. The Balaban J connectivity index is 2.26. The Morgan fingerprint density at radius 2 is 2.06 bits per heavy atom. The zero-order valence-corrected chi connectivity index (χ0v) is 9.81. The molecule has 0 unspecified atom stereocenters. The van der Waals surface area contributed by atoms with E-state index in [-0.39, 0.29) is 5.91 Å². The normalized spacial score (nSPS) is 10.2. The van der Waals surface area contributed by atoms with Gasteiger partial charge in [0, 0.05) is 24.4 Å². The van der Waals surface area contributed by atoms with E-state index in [0.29, 0.717) is 17.1 Å². The molecule has 0 aliphatic rings. The van der Waals surface area contributed by atoms with Crippen molar-refractivity contribution in [2.45, 2.75) is 6.92 Å². The van der Waals surface area contributed by atoms with E-state index in [4.69, 9.17) is 10.2 Å². The second-order valence-electron chi connectivity index (χ2n) is 3.87. The monoisotopic (exact) mass is 230 g/mol. The number of carbonyl (C=O) groups is 1. The fourth-order valence-corrected chi connectivity index (χ4v) is 1.57. The zero-order valence-electron chi connectivity index (χ0n) is 9.81. The lowest BCUT2D eigenvalue weighted by atomic mass is 10.2. The first kappa shape index (κ1) is 11.3. The van der Waals surface area contributed by atoms with Crippen LogP contribution in [0.15, 0.2) is 40.8 Å². The molecule has 0 aliphatic carbocycles. The van der Waals surface area contributed by atoms with Crippen molar-refractivity contribution >= 4 is 17.5 Å². The largest absolute Gasteiger partial charge is 0.445 e. The summed E-state index contributed by atoms with van der Waals surface area (Å²) < 4.78 is 5.39. The van der Waals surface area contributed by atoms with Gasteiger partial charge in [0.05, 0.1) is 0 Å². The summed E-state index contributed by atoms with van der Waals surface area (Å²) in [5.74, 6) is 1.15. The number of benzene rings is 1. The first-order valence-corrected chi connectivity index (χ1v) is 5.28. The maximum Gasteiger partial charge on any atom is 0.260 e. The van der Waals surface area contributed by atoms with Gasteiger partial charge in [0.1, 0.15) is 5.76 Å². The minimum atomic E-state index is -0.147. The molecular weight excluding hydrogens is 216 g/mol. The highest BCUT2D eigenvalue weighted by molar-refractivity contribution is 6.05. The average Bonchev–Trinajstić information content (AvgIpc) is 2.74. The van der Waals surface area contributed by atoms with Crippen LogP contribution in [0.1, 0.15) is 16.1 Å². The number of nitrogens with two attached hydrogens (primary N) is 1. The lowest BCUT2D eigenvalue weighted by Crippen LogP contribution is -2.25. The molecule has 1 amide bonds. The molecule has 2 N–H and O–H groups in total. The molecule has 2 rings (SSSR count). The Morgan fingerprint density at radius 3 is 2.65 bits per heavy atom. The Kier molecular flexibility index (Phi) is 2.87. The predicted octanol–water partition coefficient (Wildman–Crippen LogP) is 2.45. The molecule has 4 heteroatoms. The van der Waals surface area contributed by atoms with Crippen molar-refractivity contribution < 1.29 is 9.21 Å². The van der Waals surface area contributed by atoms with Crippen LogP contribution in [0.5, 0.6) is 0 Å². The zero-order chi connectivity index (χ0) is 12.4. The van der Waals surface area contributed by atoms with Crippen LogP contribution in [0.25, 0.3) is 0 Å². The van der Waals surface area contributed by atoms with Gasteiger partial charge in [-0.15, -0.1) is 0 Å². The van der Waals surface area contributed by atoms with E-state index < -0.39 is 0 Å². The van der Waals surface area contributed by atoms with Crippen molar-refractivity contribution in [1.82, 2.24) is 0 Å². The number of aryl methyl sites for hydroxylation is 1. The van der Waals surface area contributed by atoms with Gasteiger partial charge >= 0.3 is 0 Å². The number of furan rings is 1. The second kappa shape index (κ2) is 4.33. The van der Waals surface area contributed by atoms with Gasteiger partial charge in [-0.2, -0.15) is 0 Å². The molecule has 0 aliphatic heterocycles. The lowest BCUT2D eigenvalue weighted by molar-refractivity contribution is 0.0989. The van der Waals surface area contributed by atoms with Gasteiger partial charge in [-0.05, 0) is 31.2 Å². The topological polar surface area (TPSA) is 59.5 Å². The van der Waals surface area contributed by atoms with Crippen LogP contribution in [0, 0.1) is 6.92 Å². The fraction of sp³-hybridized carbons (Fsp3) is 0.154. The van der Waals surface area contributed by atoms with E-state index in [0.717, 1.165) is 5.76 Å². The first-order valence-electron chi connectivity index (χ1n) is 5.28. The number of amides is 1. The minimum absolute atomic E-state index is 0.147. The SMILES string of the molecule is Cc1ccc(N(C)C(=O)c2cccc(N)c2)o1. The van der Waals surface area contributed by atoms with Crippen LogP contribution in [0.2, 0.25) is 0 Å². The second-order valence-corrected chi connectivity index (χ2v) is 3.87. The Hall–Kier alpha value is -2.23. The molecule has 0 radical (unpaired) electrons. The summed E-state index contributed by atoms with van der Waals surface area (Å²) >= 11 is 0. The van der Waals surface area contributed by atoms with Crippen LogP contribution in [-0.2, 0) is 0 Å². The summed E-state index contributed by atoms with van der Waals surface area (Å²) in [7, 11) is 1.67. The summed E-state index contributed by atoms with van der Waals surface area (Å²) in [5.41, 5.74) is 6.76. The molecule has 0 atom stereocenters. The van der Waals surface area contributed by atoms with Gasteiger partial charge in [-0.25, -0.2) is 0 Å². The summed E-state index contributed by atoms with van der Waals surface area (Å²) in [6, 6.07) is 10.5. The standard InChI is InChI=1S/C13H14N2O2/c1-9-6-7-12(17-9)15(2)13(16)10-4-3-5-11(14)8-10/h3-8H,14H2,1-2H3. The minimum Gasteiger partial charge on any atom is -0.445 e. The smallest absolute Gasteiger partial charge is 0.260 e. The average molecular weight is 230 g/mol. The van der Waals surface area contributed by atoms with E-state index in [9.17, 15) is 4.79 Å². The van der Waals surface area contributed by atoms with Gasteiger partial charge in [0.25, 0.3) is 5.91 Å². The molecule has 0 spiro atoms. The number of carbonyl (C=O) groups excluding carboxylic acids is 1. The maximum absolute atomic E-state index is 12.1. The number of nitrogen functional groups attached to an aromatic ring is 1. The molecule has 1 aromatic heterocycles. The van der Waals surface area contributed by atoms with Crippen molar-refractivity contribution in [3.05, 3.63) is 47.7 Å². The molecule has 0 saturated heterocycles. The molecule has 0 bridgehead atoms. The maximum atomic E-state index is 12.1. The van der Waals surface area contributed by atoms with Gasteiger partial charge in [-0.3, -0.25) is 9.69 Å². The van der Waals surface area contributed by atoms with Gasteiger partial charge < -0.3 is 10.2 Å². The van der Waals surface area contributed by atoms with E-state index in [1.54, 1.807) is 37.4 Å². The molecule has 1 aromatic carbocycles. The van der Waals surface area contributed by atoms with E-state index >= 15 is 0 Å². The Labute approximate surface area is 99.6 Å². The van der Waals surface area contributed by atoms with E-state index in [1.807, 2.05) is 13.0 Å². The number of anilines is 2. The molecule has 17 heavy (non-hydrogen) atoms.